The molecule has 0 unspecified atom stereocenters. The summed E-state index contributed by atoms with van der Waals surface area (Å²) >= 11 is 0. The first-order valence-electron chi connectivity index (χ1n) is 5.42. The van der Waals surface area contributed by atoms with Crippen molar-refractivity contribution in [3.63, 3.8) is 0 Å². The average molecular weight is 222 g/mol. The summed E-state index contributed by atoms with van der Waals surface area (Å²) in [6, 6.07) is 3.53. The lowest BCUT2D eigenvalue weighted by atomic mass is 10.1. The van der Waals surface area contributed by atoms with Crippen LogP contribution in [0.2, 0.25) is 0 Å². The predicted molar refractivity (Wildman–Crippen MR) is 63.0 cm³/mol. The Bertz CT molecular complexity index is 421. The van der Waals surface area contributed by atoms with Crippen molar-refractivity contribution in [1.29, 1.82) is 0 Å². The number of amides is 1. The first-order chi connectivity index (χ1) is 7.50. The molecule has 1 rings (SSSR count). The summed E-state index contributed by atoms with van der Waals surface area (Å²) < 4.78 is 1.50. The van der Waals surface area contributed by atoms with Crippen molar-refractivity contribution >= 4 is 5.91 Å². The van der Waals surface area contributed by atoms with Crippen molar-refractivity contribution in [2.45, 2.75) is 26.8 Å². The maximum atomic E-state index is 11.6. The molecule has 0 atom stereocenters. The maximum Gasteiger partial charge on any atom is 0.255 e. The van der Waals surface area contributed by atoms with Crippen LogP contribution >= 0.6 is 0 Å². The van der Waals surface area contributed by atoms with E-state index in [4.69, 9.17) is 0 Å². The van der Waals surface area contributed by atoms with E-state index in [-0.39, 0.29) is 11.5 Å². The molecule has 16 heavy (non-hydrogen) atoms. The quantitative estimate of drug-likeness (QED) is 0.827. The Hall–Kier alpha value is -1.58. The van der Waals surface area contributed by atoms with Crippen molar-refractivity contribution < 1.29 is 4.79 Å². The van der Waals surface area contributed by atoms with Crippen LogP contribution in [0.5, 0.6) is 0 Å². The summed E-state index contributed by atoms with van der Waals surface area (Å²) in [4.78, 5) is 23.0. The van der Waals surface area contributed by atoms with Crippen molar-refractivity contribution in [3.05, 3.63) is 34.2 Å². The molecule has 1 heterocycles. The van der Waals surface area contributed by atoms with Gasteiger partial charge in [-0.25, -0.2) is 0 Å². The normalized spacial score (nSPS) is 10.5. The molecule has 88 valence electrons. The number of pyridine rings is 1. The molecule has 0 aliphatic rings. The zero-order chi connectivity index (χ0) is 12.1. The van der Waals surface area contributed by atoms with Crippen molar-refractivity contribution in [3.8, 4) is 0 Å². The van der Waals surface area contributed by atoms with Crippen LogP contribution in [0.25, 0.3) is 0 Å². The summed E-state index contributed by atoms with van der Waals surface area (Å²) in [5.74, 6) is 0.319. The molecule has 1 aromatic heterocycles. The number of carbonyl (C=O) groups is 1. The highest BCUT2D eigenvalue weighted by atomic mass is 16.1. The number of rotatable bonds is 4. The van der Waals surface area contributed by atoms with Gasteiger partial charge in [-0.2, -0.15) is 0 Å². The largest absolute Gasteiger partial charge is 0.352 e. The third-order valence-electron chi connectivity index (χ3n) is 2.27. The van der Waals surface area contributed by atoms with Gasteiger partial charge in [0.1, 0.15) is 0 Å². The summed E-state index contributed by atoms with van der Waals surface area (Å²) in [5, 5.41) is 2.75. The topological polar surface area (TPSA) is 51.1 Å². The standard InChI is InChI=1S/C12H18N2O2/c1-9(2)7-11(15)13-8-10-5-4-6-14(3)12(10)16/h4-6,9H,7-8H2,1-3H3,(H,13,15). The second-order valence-electron chi connectivity index (χ2n) is 4.32. The number of hydrogen-bond donors (Lipinski definition) is 1. The van der Waals surface area contributed by atoms with Gasteiger partial charge in [-0.3, -0.25) is 9.59 Å². The minimum atomic E-state index is -0.0626. The number of carbonyl (C=O) groups excluding carboxylic acids is 1. The van der Waals surface area contributed by atoms with E-state index in [9.17, 15) is 9.59 Å². The lowest BCUT2D eigenvalue weighted by Crippen LogP contribution is -2.29. The van der Waals surface area contributed by atoms with E-state index in [1.54, 1.807) is 25.4 Å². The van der Waals surface area contributed by atoms with Gasteiger partial charge in [0, 0.05) is 31.8 Å². The van der Waals surface area contributed by atoms with E-state index >= 15 is 0 Å². The van der Waals surface area contributed by atoms with Gasteiger partial charge in [0.25, 0.3) is 5.56 Å². The number of hydrogen-bond acceptors (Lipinski definition) is 2. The molecule has 0 spiro atoms. The number of aromatic nitrogens is 1. The Morgan fingerprint density at radius 2 is 2.19 bits per heavy atom. The fourth-order valence-corrected chi connectivity index (χ4v) is 1.43. The van der Waals surface area contributed by atoms with E-state index in [1.165, 1.54) is 4.57 Å². The first-order valence-corrected chi connectivity index (χ1v) is 5.42. The Labute approximate surface area is 95.3 Å². The molecule has 0 bridgehead atoms. The lowest BCUT2D eigenvalue weighted by molar-refractivity contribution is -0.121. The van der Waals surface area contributed by atoms with Crippen molar-refractivity contribution in [2.75, 3.05) is 0 Å². The highest BCUT2D eigenvalue weighted by molar-refractivity contribution is 5.76. The van der Waals surface area contributed by atoms with Crippen LogP contribution in [-0.4, -0.2) is 10.5 Å². The van der Waals surface area contributed by atoms with Crippen molar-refractivity contribution in [1.82, 2.24) is 9.88 Å². The summed E-state index contributed by atoms with van der Waals surface area (Å²) in [5.41, 5.74) is 0.550. The summed E-state index contributed by atoms with van der Waals surface area (Å²) in [6.07, 6.45) is 2.19. The van der Waals surface area contributed by atoms with Crippen LogP contribution in [0.1, 0.15) is 25.8 Å². The number of aryl methyl sites for hydroxylation is 1. The van der Waals surface area contributed by atoms with Gasteiger partial charge >= 0.3 is 0 Å². The van der Waals surface area contributed by atoms with E-state index in [0.717, 1.165) is 0 Å². The van der Waals surface area contributed by atoms with E-state index in [1.807, 2.05) is 13.8 Å². The molecule has 0 saturated heterocycles. The highest BCUT2D eigenvalue weighted by Gasteiger charge is 2.06. The third kappa shape index (κ3) is 3.53. The molecular weight excluding hydrogens is 204 g/mol. The Kier molecular flexibility index (Phi) is 4.28. The van der Waals surface area contributed by atoms with Crippen LogP contribution < -0.4 is 10.9 Å². The van der Waals surface area contributed by atoms with Crippen LogP contribution in [0, 0.1) is 5.92 Å². The zero-order valence-electron chi connectivity index (χ0n) is 9.99. The molecule has 1 N–H and O–H groups in total. The van der Waals surface area contributed by atoms with Crippen LogP contribution in [-0.2, 0) is 18.4 Å². The average Bonchev–Trinajstić information content (AvgIpc) is 2.19. The van der Waals surface area contributed by atoms with Gasteiger partial charge in [-0.15, -0.1) is 0 Å². The summed E-state index contributed by atoms with van der Waals surface area (Å²) in [7, 11) is 1.70. The third-order valence-corrected chi connectivity index (χ3v) is 2.27. The fraction of sp³-hybridized carbons (Fsp3) is 0.500. The van der Waals surface area contributed by atoms with Gasteiger partial charge in [0.2, 0.25) is 5.91 Å². The minimum Gasteiger partial charge on any atom is -0.352 e. The fourth-order valence-electron chi connectivity index (χ4n) is 1.43. The van der Waals surface area contributed by atoms with E-state index < -0.39 is 0 Å². The van der Waals surface area contributed by atoms with E-state index in [0.29, 0.717) is 24.4 Å². The maximum absolute atomic E-state index is 11.6. The van der Waals surface area contributed by atoms with Gasteiger partial charge < -0.3 is 9.88 Å². The summed E-state index contributed by atoms with van der Waals surface area (Å²) in [6.45, 7) is 4.28. The van der Waals surface area contributed by atoms with Gasteiger partial charge in [0.15, 0.2) is 0 Å². The molecular formula is C12H18N2O2. The van der Waals surface area contributed by atoms with Crippen LogP contribution in [0.3, 0.4) is 0 Å². The monoisotopic (exact) mass is 222 g/mol. The molecule has 0 aromatic carbocycles. The molecule has 1 aromatic rings. The molecule has 0 saturated carbocycles. The molecule has 4 heteroatoms. The van der Waals surface area contributed by atoms with Crippen LogP contribution in [0.15, 0.2) is 23.1 Å². The SMILES string of the molecule is CC(C)CC(=O)NCc1cccn(C)c1=O. The van der Waals surface area contributed by atoms with Gasteiger partial charge in [-0.1, -0.05) is 19.9 Å². The van der Waals surface area contributed by atoms with E-state index in [2.05, 4.69) is 5.32 Å². The van der Waals surface area contributed by atoms with Gasteiger partial charge in [0.05, 0.1) is 0 Å². The molecule has 0 aliphatic carbocycles. The minimum absolute atomic E-state index is 0.0130. The second-order valence-corrected chi connectivity index (χ2v) is 4.32. The predicted octanol–water partition coefficient (Wildman–Crippen LogP) is 1.05. The highest BCUT2D eigenvalue weighted by Crippen LogP contribution is 1.99. The first kappa shape index (κ1) is 12.5. The van der Waals surface area contributed by atoms with Crippen molar-refractivity contribution in [2.24, 2.45) is 13.0 Å². The Morgan fingerprint density at radius 1 is 1.50 bits per heavy atom. The molecule has 0 fully saturated rings. The van der Waals surface area contributed by atoms with Crippen LogP contribution in [0.4, 0.5) is 0 Å². The molecule has 4 nitrogen and oxygen atoms in total. The second kappa shape index (κ2) is 5.49. The molecule has 0 radical (unpaired) electrons. The lowest BCUT2D eigenvalue weighted by Gasteiger charge is -2.07. The number of nitrogens with one attached hydrogen (secondary N) is 1. The Morgan fingerprint density at radius 3 is 2.81 bits per heavy atom. The number of nitrogens with zero attached hydrogens (tertiary/aromatic N) is 1. The smallest absolute Gasteiger partial charge is 0.255 e. The molecule has 0 aliphatic heterocycles. The molecule has 1 amide bonds. The van der Waals surface area contributed by atoms with Gasteiger partial charge in [-0.05, 0) is 12.0 Å². The zero-order valence-corrected chi connectivity index (χ0v) is 9.99. The Balaban J connectivity index is 2.58.